The molecule has 2 aromatic carbocycles. The Balaban J connectivity index is 1.79. The molecule has 8 heteroatoms. The van der Waals surface area contributed by atoms with Crippen LogP contribution in [0.5, 0.6) is 5.75 Å². The van der Waals surface area contributed by atoms with Crippen molar-refractivity contribution in [2.45, 2.75) is 50.3 Å². The maximum absolute atomic E-state index is 12.7. The van der Waals surface area contributed by atoms with Gasteiger partial charge in [-0.15, -0.1) is 0 Å². The Labute approximate surface area is 171 Å². The van der Waals surface area contributed by atoms with E-state index in [1.54, 1.807) is 6.07 Å². The molecule has 0 spiro atoms. The molecule has 0 saturated heterocycles. The van der Waals surface area contributed by atoms with Crippen molar-refractivity contribution in [1.29, 1.82) is 0 Å². The summed E-state index contributed by atoms with van der Waals surface area (Å²) in [6.07, 6.45) is 1.74. The number of hydrogen-bond acceptors (Lipinski definition) is 5. The third-order valence-electron chi connectivity index (χ3n) is 4.38. The first-order valence-corrected chi connectivity index (χ1v) is 11.0. The van der Waals surface area contributed by atoms with Gasteiger partial charge in [-0.3, -0.25) is 4.79 Å². The van der Waals surface area contributed by atoms with Gasteiger partial charge in [0.2, 0.25) is 10.0 Å². The van der Waals surface area contributed by atoms with Crippen molar-refractivity contribution >= 4 is 21.6 Å². The van der Waals surface area contributed by atoms with Crippen LogP contribution in [-0.2, 0) is 21.4 Å². The molecular weight excluding hydrogens is 392 g/mol. The van der Waals surface area contributed by atoms with Gasteiger partial charge in [-0.1, -0.05) is 12.1 Å². The van der Waals surface area contributed by atoms with Gasteiger partial charge in [0.1, 0.15) is 10.6 Å². The monoisotopic (exact) mass is 418 g/mol. The molecule has 0 atom stereocenters. The van der Waals surface area contributed by atoms with Gasteiger partial charge in [0, 0.05) is 17.3 Å². The minimum Gasteiger partial charge on any atom is -0.495 e. The number of benzene rings is 2. The summed E-state index contributed by atoms with van der Waals surface area (Å²) in [5.41, 5.74) is 1.77. The molecular formula is C21H26N2O5S. The van der Waals surface area contributed by atoms with Crippen molar-refractivity contribution in [3.8, 4) is 5.75 Å². The topological polar surface area (TPSA) is 93.7 Å². The van der Waals surface area contributed by atoms with E-state index in [0.29, 0.717) is 12.3 Å². The van der Waals surface area contributed by atoms with Crippen molar-refractivity contribution in [2.75, 3.05) is 12.4 Å². The molecule has 0 unspecified atom stereocenters. The SMILES string of the molecule is COc1ccc(C(=O)Nc2cccc(COC(C)C)c2)cc1S(=O)(=O)NC1CC1. The van der Waals surface area contributed by atoms with Crippen LogP contribution in [0.4, 0.5) is 5.69 Å². The summed E-state index contributed by atoms with van der Waals surface area (Å²) in [5.74, 6) is -0.208. The summed E-state index contributed by atoms with van der Waals surface area (Å²) in [6.45, 7) is 4.36. The van der Waals surface area contributed by atoms with Gasteiger partial charge in [0.05, 0.1) is 19.8 Å². The lowest BCUT2D eigenvalue weighted by Crippen LogP contribution is -2.26. The number of methoxy groups -OCH3 is 1. The van der Waals surface area contributed by atoms with Crippen LogP contribution in [0.25, 0.3) is 0 Å². The molecule has 1 amide bonds. The first kappa shape index (κ1) is 21.3. The lowest BCUT2D eigenvalue weighted by atomic mass is 10.1. The second-order valence-electron chi connectivity index (χ2n) is 7.28. The van der Waals surface area contributed by atoms with E-state index in [4.69, 9.17) is 9.47 Å². The standard InChI is InChI=1S/C21H26N2O5S/c1-14(2)28-13-15-5-4-6-18(11-15)22-21(24)16-7-10-19(27-3)20(12-16)29(25,26)23-17-8-9-17/h4-7,10-12,14,17,23H,8-9,13H2,1-3H3,(H,22,24). The minimum atomic E-state index is -3.76. The number of carbonyl (C=O) groups is 1. The predicted molar refractivity (Wildman–Crippen MR) is 111 cm³/mol. The Bertz CT molecular complexity index is 984. The number of nitrogens with one attached hydrogen (secondary N) is 2. The lowest BCUT2D eigenvalue weighted by molar-refractivity contribution is 0.0657. The Morgan fingerprint density at radius 2 is 1.93 bits per heavy atom. The molecule has 0 aromatic heterocycles. The van der Waals surface area contributed by atoms with Gasteiger partial charge in [-0.2, -0.15) is 0 Å². The smallest absolute Gasteiger partial charge is 0.255 e. The first-order chi connectivity index (χ1) is 13.8. The molecule has 1 saturated carbocycles. The van der Waals surface area contributed by atoms with Crippen molar-refractivity contribution in [3.05, 3.63) is 53.6 Å². The number of amides is 1. The number of hydrogen-bond donors (Lipinski definition) is 2. The van der Waals surface area contributed by atoms with Gasteiger partial charge in [-0.05, 0) is 62.6 Å². The van der Waals surface area contributed by atoms with E-state index >= 15 is 0 Å². The quantitative estimate of drug-likeness (QED) is 0.652. The van der Waals surface area contributed by atoms with Gasteiger partial charge in [0.15, 0.2) is 0 Å². The number of rotatable bonds is 9. The van der Waals surface area contributed by atoms with E-state index in [0.717, 1.165) is 18.4 Å². The molecule has 0 heterocycles. The average molecular weight is 419 g/mol. The fourth-order valence-corrected chi connectivity index (χ4v) is 4.22. The van der Waals surface area contributed by atoms with Crippen molar-refractivity contribution in [1.82, 2.24) is 4.72 Å². The van der Waals surface area contributed by atoms with Gasteiger partial charge < -0.3 is 14.8 Å². The molecule has 3 rings (SSSR count). The van der Waals surface area contributed by atoms with E-state index in [1.807, 2.05) is 32.0 Å². The van der Waals surface area contributed by atoms with Crippen molar-refractivity contribution in [2.24, 2.45) is 0 Å². The average Bonchev–Trinajstić information content (AvgIpc) is 3.49. The highest BCUT2D eigenvalue weighted by atomic mass is 32.2. The van der Waals surface area contributed by atoms with E-state index < -0.39 is 15.9 Å². The third kappa shape index (κ3) is 5.79. The number of anilines is 1. The fraction of sp³-hybridized carbons (Fsp3) is 0.381. The maximum Gasteiger partial charge on any atom is 0.255 e. The zero-order valence-corrected chi connectivity index (χ0v) is 17.6. The summed E-state index contributed by atoms with van der Waals surface area (Å²) >= 11 is 0. The molecule has 0 bridgehead atoms. The van der Waals surface area contributed by atoms with Crippen molar-refractivity contribution < 1.29 is 22.7 Å². The van der Waals surface area contributed by atoms with E-state index in [2.05, 4.69) is 10.0 Å². The zero-order chi connectivity index (χ0) is 21.0. The molecule has 1 aliphatic rings. The van der Waals surface area contributed by atoms with Crippen LogP contribution in [0.15, 0.2) is 47.4 Å². The molecule has 2 aromatic rings. The number of carbonyl (C=O) groups excluding carboxylic acids is 1. The van der Waals surface area contributed by atoms with Crippen LogP contribution in [0.1, 0.15) is 42.6 Å². The first-order valence-electron chi connectivity index (χ1n) is 9.51. The highest BCUT2D eigenvalue weighted by Gasteiger charge is 2.30. The normalized spacial score (nSPS) is 14.1. The Hall–Kier alpha value is -2.42. The highest BCUT2D eigenvalue weighted by Crippen LogP contribution is 2.28. The van der Waals surface area contributed by atoms with Crippen LogP contribution < -0.4 is 14.8 Å². The Kier molecular flexibility index (Phi) is 6.56. The molecule has 7 nitrogen and oxygen atoms in total. The Morgan fingerprint density at radius 3 is 2.59 bits per heavy atom. The summed E-state index contributed by atoms with van der Waals surface area (Å²) in [6, 6.07) is 11.7. The predicted octanol–water partition coefficient (Wildman–Crippen LogP) is 3.31. The molecule has 156 valence electrons. The van der Waals surface area contributed by atoms with Crippen LogP contribution in [-0.4, -0.2) is 33.6 Å². The van der Waals surface area contributed by atoms with Gasteiger partial charge in [0.25, 0.3) is 5.91 Å². The summed E-state index contributed by atoms with van der Waals surface area (Å²) in [4.78, 5) is 12.7. The van der Waals surface area contributed by atoms with Crippen molar-refractivity contribution in [3.63, 3.8) is 0 Å². The zero-order valence-electron chi connectivity index (χ0n) is 16.8. The van der Waals surface area contributed by atoms with Gasteiger partial charge >= 0.3 is 0 Å². The van der Waals surface area contributed by atoms with Gasteiger partial charge in [-0.25, -0.2) is 13.1 Å². The molecule has 1 fully saturated rings. The lowest BCUT2D eigenvalue weighted by Gasteiger charge is -2.13. The van der Waals surface area contributed by atoms with Crippen LogP contribution in [0, 0.1) is 0 Å². The highest BCUT2D eigenvalue weighted by molar-refractivity contribution is 7.89. The molecule has 0 radical (unpaired) electrons. The largest absolute Gasteiger partial charge is 0.495 e. The summed E-state index contributed by atoms with van der Waals surface area (Å²) in [5, 5.41) is 2.80. The van der Waals surface area contributed by atoms with E-state index in [1.165, 1.54) is 25.3 Å². The minimum absolute atomic E-state index is 0.0429. The van der Waals surface area contributed by atoms with Crippen LogP contribution >= 0.6 is 0 Å². The van der Waals surface area contributed by atoms with E-state index in [-0.39, 0.29) is 28.4 Å². The van der Waals surface area contributed by atoms with Crippen LogP contribution in [0.3, 0.4) is 0 Å². The third-order valence-corrected chi connectivity index (χ3v) is 5.92. The van der Waals surface area contributed by atoms with Crippen LogP contribution in [0.2, 0.25) is 0 Å². The Morgan fingerprint density at radius 1 is 1.17 bits per heavy atom. The fourth-order valence-electron chi connectivity index (χ4n) is 2.72. The second kappa shape index (κ2) is 8.94. The number of ether oxygens (including phenoxy) is 2. The molecule has 0 aliphatic heterocycles. The summed E-state index contributed by atoms with van der Waals surface area (Å²) < 4.78 is 38.6. The maximum atomic E-state index is 12.7. The number of sulfonamides is 1. The summed E-state index contributed by atoms with van der Waals surface area (Å²) in [7, 11) is -2.36. The van der Waals surface area contributed by atoms with E-state index in [9.17, 15) is 13.2 Å². The second-order valence-corrected chi connectivity index (χ2v) is 8.96. The molecule has 1 aliphatic carbocycles. The molecule has 29 heavy (non-hydrogen) atoms. The molecule has 2 N–H and O–H groups in total.